The molecule has 1 nitrogen and oxygen atoms in total. The summed E-state index contributed by atoms with van der Waals surface area (Å²) in [4.78, 5) is 0. The highest BCUT2D eigenvalue weighted by Gasteiger charge is 2.29. The van der Waals surface area contributed by atoms with E-state index < -0.39 is 0 Å². The number of nitrogens with one attached hydrogen (secondary N) is 1. The van der Waals surface area contributed by atoms with E-state index in [4.69, 9.17) is 0 Å². The van der Waals surface area contributed by atoms with Crippen molar-refractivity contribution in [3.63, 3.8) is 0 Å². The first-order valence-corrected chi connectivity index (χ1v) is 7.38. The highest BCUT2D eigenvalue weighted by Crippen LogP contribution is 2.32. The van der Waals surface area contributed by atoms with Crippen molar-refractivity contribution in [3.05, 3.63) is 0 Å². The first-order valence-electron chi connectivity index (χ1n) is 5.98. The Balaban J connectivity index is 2.31. The molecule has 0 aromatic carbocycles. The lowest BCUT2D eigenvalue weighted by atomic mass is 9.79. The third-order valence-corrected chi connectivity index (χ3v) is 4.29. The smallest absolute Gasteiger partial charge is 0.00684 e. The van der Waals surface area contributed by atoms with Gasteiger partial charge in [-0.3, -0.25) is 0 Å². The van der Waals surface area contributed by atoms with Gasteiger partial charge in [-0.1, -0.05) is 13.8 Å². The molecule has 1 N–H and O–H groups in total. The van der Waals surface area contributed by atoms with Crippen LogP contribution in [-0.4, -0.2) is 24.6 Å². The summed E-state index contributed by atoms with van der Waals surface area (Å²) in [6, 6.07) is 0.863. The van der Waals surface area contributed by atoms with E-state index in [1.807, 2.05) is 11.8 Å². The van der Waals surface area contributed by atoms with Crippen LogP contribution in [0.4, 0.5) is 0 Å². The van der Waals surface area contributed by atoms with E-state index >= 15 is 0 Å². The molecule has 1 aliphatic rings. The van der Waals surface area contributed by atoms with Crippen molar-refractivity contribution >= 4 is 11.8 Å². The molecule has 1 fully saturated rings. The molecule has 0 spiro atoms. The summed E-state index contributed by atoms with van der Waals surface area (Å²) in [6.45, 7) is 5.93. The minimum atomic E-state index is 0.575. The summed E-state index contributed by atoms with van der Waals surface area (Å²) < 4.78 is 0. The molecule has 0 radical (unpaired) electrons. The summed E-state index contributed by atoms with van der Waals surface area (Å²) in [5.41, 5.74) is 0.575. The molecule has 0 aromatic heterocycles. The van der Waals surface area contributed by atoms with Gasteiger partial charge in [0.15, 0.2) is 0 Å². The number of thioether (sulfide) groups is 1. The SMILES string of the molecule is CCC(CC)(CCSC)CNC1CC1. The Morgan fingerprint density at radius 2 is 1.93 bits per heavy atom. The number of rotatable bonds is 8. The average Bonchev–Trinajstić information content (AvgIpc) is 3.03. The minimum Gasteiger partial charge on any atom is -0.313 e. The molecule has 0 aromatic rings. The maximum Gasteiger partial charge on any atom is 0.00684 e. The van der Waals surface area contributed by atoms with Crippen LogP contribution in [-0.2, 0) is 0 Å². The van der Waals surface area contributed by atoms with Crippen molar-refractivity contribution in [1.82, 2.24) is 5.32 Å². The maximum atomic E-state index is 3.70. The van der Waals surface area contributed by atoms with Crippen LogP contribution in [0.15, 0.2) is 0 Å². The van der Waals surface area contributed by atoms with Gasteiger partial charge in [0, 0.05) is 12.6 Å². The minimum absolute atomic E-state index is 0.575. The Kier molecular flexibility index (Phi) is 5.32. The van der Waals surface area contributed by atoms with Gasteiger partial charge in [-0.2, -0.15) is 11.8 Å². The molecule has 0 heterocycles. The van der Waals surface area contributed by atoms with E-state index in [-0.39, 0.29) is 0 Å². The maximum absolute atomic E-state index is 3.70. The van der Waals surface area contributed by atoms with Crippen molar-refractivity contribution in [2.75, 3.05) is 18.6 Å². The highest BCUT2D eigenvalue weighted by molar-refractivity contribution is 7.98. The van der Waals surface area contributed by atoms with Crippen LogP contribution in [0.2, 0.25) is 0 Å². The summed E-state index contributed by atoms with van der Waals surface area (Å²) in [5.74, 6) is 1.31. The van der Waals surface area contributed by atoms with Crippen molar-refractivity contribution in [2.45, 2.75) is 52.0 Å². The Morgan fingerprint density at radius 3 is 2.36 bits per heavy atom. The topological polar surface area (TPSA) is 12.0 Å². The lowest BCUT2D eigenvalue weighted by Crippen LogP contribution is -2.35. The van der Waals surface area contributed by atoms with Gasteiger partial charge < -0.3 is 5.32 Å². The molecule has 1 saturated carbocycles. The van der Waals surface area contributed by atoms with Crippen molar-refractivity contribution < 1.29 is 0 Å². The molecule has 1 rings (SSSR count). The third-order valence-electron chi connectivity index (χ3n) is 3.68. The van der Waals surface area contributed by atoms with Crippen LogP contribution in [0.25, 0.3) is 0 Å². The third kappa shape index (κ3) is 3.82. The molecule has 0 bridgehead atoms. The van der Waals surface area contributed by atoms with Gasteiger partial charge in [-0.15, -0.1) is 0 Å². The van der Waals surface area contributed by atoms with Gasteiger partial charge in [-0.25, -0.2) is 0 Å². The molecule has 1 aliphatic carbocycles. The Labute approximate surface area is 93.4 Å². The fraction of sp³-hybridized carbons (Fsp3) is 1.00. The fourth-order valence-electron chi connectivity index (χ4n) is 1.91. The van der Waals surface area contributed by atoms with Crippen LogP contribution >= 0.6 is 11.8 Å². The number of hydrogen-bond acceptors (Lipinski definition) is 2. The molecule has 0 unspecified atom stereocenters. The van der Waals surface area contributed by atoms with Crippen molar-refractivity contribution in [2.24, 2.45) is 5.41 Å². The zero-order chi connectivity index (χ0) is 10.4. The quantitative estimate of drug-likeness (QED) is 0.667. The van der Waals surface area contributed by atoms with Crippen LogP contribution in [0.1, 0.15) is 46.0 Å². The normalized spacial score (nSPS) is 17.4. The fourth-order valence-corrected chi connectivity index (χ4v) is 2.55. The van der Waals surface area contributed by atoms with Crippen LogP contribution in [0, 0.1) is 5.41 Å². The van der Waals surface area contributed by atoms with Crippen molar-refractivity contribution in [1.29, 1.82) is 0 Å². The lowest BCUT2D eigenvalue weighted by Gasteiger charge is -2.32. The van der Waals surface area contributed by atoms with Gasteiger partial charge in [0.05, 0.1) is 0 Å². The highest BCUT2D eigenvalue weighted by atomic mass is 32.2. The molecule has 0 saturated heterocycles. The summed E-state index contributed by atoms with van der Waals surface area (Å²) in [6.07, 6.45) is 9.05. The molecule has 84 valence electrons. The monoisotopic (exact) mass is 215 g/mol. The van der Waals surface area contributed by atoms with Crippen LogP contribution < -0.4 is 5.32 Å². The molecule has 0 amide bonds. The first kappa shape index (κ1) is 12.4. The predicted octanol–water partition coefficient (Wildman–Crippen LogP) is 3.30. The Hall–Kier alpha value is 0.310. The van der Waals surface area contributed by atoms with Gasteiger partial charge >= 0.3 is 0 Å². The second-order valence-electron chi connectivity index (χ2n) is 4.61. The van der Waals surface area contributed by atoms with E-state index in [9.17, 15) is 0 Å². The van der Waals surface area contributed by atoms with Gasteiger partial charge in [0.1, 0.15) is 0 Å². The zero-order valence-electron chi connectivity index (χ0n) is 9.94. The molecule has 0 aliphatic heterocycles. The zero-order valence-corrected chi connectivity index (χ0v) is 10.8. The van der Waals surface area contributed by atoms with E-state index in [1.54, 1.807) is 0 Å². The Morgan fingerprint density at radius 1 is 1.29 bits per heavy atom. The van der Waals surface area contributed by atoms with Crippen molar-refractivity contribution in [3.8, 4) is 0 Å². The second-order valence-corrected chi connectivity index (χ2v) is 5.59. The van der Waals surface area contributed by atoms with E-state index in [0.717, 1.165) is 6.04 Å². The van der Waals surface area contributed by atoms with Gasteiger partial charge in [0.2, 0.25) is 0 Å². The summed E-state index contributed by atoms with van der Waals surface area (Å²) in [7, 11) is 0. The molecular weight excluding hydrogens is 190 g/mol. The lowest BCUT2D eigenvalue weighted by molar-refractivity contribution is 0.240. The molecule has 14 heavy (non-hydrogen) atoms. The Bertz CT molecular complexity index is 150. The molecular formula is C12H25NS. The predicted molar refractivity (Wildman–Crippen MR) is 67.0 cm³/mol. The molecule has 2 heteroatoms. The standard InChI is InChI=1S/C12H25NS/c1-4-12(5-2,8-9-14-3)10-13-11-6-7-11/h11,13H,4-10H2,1-3H3. The van der Waals surface area contributed by atoms with Gasteiger partial charge in [0.25, 0.3) is 0 Å². The van der Waals surface area contributed by atoms with E-state index in [1.165, 1.54) is 44.4 Å². The molecule has 0 atom stereocenters. The second kappa shape index (κ2) is 6.02. The van der Waals surface area contributed by atoms with Crippen LogP contribution in [0.5, 0.6) is 0 Å². The average molecular weight is 215 g/mol. The first-order chi connectivity index (χ1) is 6.76. The number of hydrogen-bond donors (Lipinski definition) is 1. The summed E-state index contributed by atoms with van der Waals surface area (Å²) >= 11 is 1.98. The summed E-state index contributed by atoms with van der Waals surface area (Å²) in [5, 5.41) is 3.70. The van der Waals surface area contributed by atoms with Crippen LogP contribution in [0.3, 0.4) is 0 Å². The van der Waals surface area contributed by atoms with E-state index in [0.29, 0.717) is 5.41 Å². The largest absolute Gasteiger partial charge is 0.313 e. The van der Waals surface area contributed by atoms with E-state index in [2.05, 4.69) is 25.4 Å². The van der Waals surface area contributed by atoms with Gasteiger partial charge in [-0.05, 0) is 49.5 Å².